The Hall–Kier alpha value is -1.36. The van der Waals surface area contributed by atoms with Crippen molar-refractivity contribution < 1.29 is 14.3 Å². The Bertz CT molecular complexity index is 384. The van der Waals surface area contributed by atoms with E-state index < -0.39 is 0 Å². The fourth-order valence-corrected chi connectivity index (χ4v) is 2.83. The third-order valence-electron chi connectivity index (χ3n) is 4.42. The Labute approximate surface area is 114 Å². The van der Waals surface area contributed by atoms with Crippen molar-refractivity contribution in [2.45, 2.75) is 25.4 Å². The van der Waals surface area contributed by atoms with Gasteiger partial charge < -0.3 is 14.5 Å². The van der Waals surface area contributed by atoms with Gasteiger partial charge in [-0.3, -0.25) is 9.59 Å². The molecule has 2 fully saturated rings. The lowest BCUT2D eigenvalue weighted by molar-refractivity contribution is -0.146. The van der Waals surface area contributed by atoms with Gasteiger partial charge >= 0.3 is 0 Å². The van der Waals surface area contributed by atoms with Crippen LogP contribution in [0.4, 0.5) is 0 Å². The molecule has 106 valence electrons. The zero-order valence-corrected chi connectivity index (χ0v) is 11.7. The van der Waals surface area contributed by atoms with Crippen LogP contribution in [0.2, 0.25) is 0 Å². The van der Waals surface area contributed by atoms with Crippen LogP contribution in [0.25, 0.3) is 0 Å². The maximum Gasteiger partial charge on any atom is 0.246 e. The summed E-state index contributed by atoms with van der Waals surface area (Å²) in [4.78, 5) is 27.2. The molecule has 5 nitrogen and oxygen atoms in total. The predicted molar refractivity (Wildman–Crippen MR) is 71.5 cm³/mol. The van der Waals surface area contributed by atoms with Crippen molar-refractivity contribution in [1.82, 2.24) is 9.80 Å². The van der Waals surface area contributed by atoms with Gasteiger partial charge in [0, 0.05) is 33.3 Å². The van der Waals surface area contributed by atoms with Gasteiger partial charge in [-0.2, -0.15) is 0 Å². The maximum atomic E-state index is 12.3. The van der Waals surface area contributed by atoms with Crippen LogP contribution >= 0.6 is 0 Å². The number of carbonyl (C=O) groups is 2. The highest BCUT2D eigenvalue weighted by Crippen LogP contribution is 2.30. The molecule has 0 radical (unpaired) electrons. The molecule has 2 aliphatic rings. The number of rotatable bonds is 4. The third kappa shape index (κ3) is 2.52. The van der Waals surface area contributed by atoms with Gasteiger partial charge in [-0.05, 0) is 18.9 Å². The summed E-state index contributed by atoms with van der Waals surface area (Å²) in [6, 6.07) is 0. The molecular weight excluding hydrogens is 244 g/mol. The minimum atomic E-state index is -0.171. The molecule has 2 amide bonds. The minimum Gasteiger partial charge on any atom is -0.376 e. The summed E-state index contributed by atoms with van der Waals surface area (Å²) >= 11 is 0. The molecule has 2 heterocycles. The predicted octanol–water partition coefficient (Wildman–Crippen LogP) is 0.658. The van der Waals surface area contributed by atoms with Crippen molar-refractivity contribution in [2.24, 2.45) is 5.92 Å². The summed E-state index contributed by atoms with van der Waals surface area (Å²) in [6.45, 7) is 8.01. The normalized spacial score (nSPS) is 27.3. The maximum absolute atomic E-state index is 12.3. The van der Waals surface area contributed by atoms with Crippen molar-refractivity contribution in [2.75, 3.05) is 33.3 Å². The molecule has 0 aromatic rings. The first-order chi connectivity index (χ1) is 9.05. The SMILES string of the molecule is C=CC(=O)N1CC(C(=O)N2CCC(CC)(OC)C2)C1. The summed E-state index contributed by atoms with van der Waals surface area (Å²) in [7, 11) is 1.71. The van der Waals surface area contributed by atoms with E-state index in [1.54, 1.807) is 12.0 Å². The van der Waals surface area contributed by atoms with E-state index in [-0.39, 0.29) is 23.3 Å². The standard InChI is InChI=1S/C14H22N2O3/c1-4-12(17)16-8-11(9-16)13(18)15-7-6-14(5-2,10-15)19-3/h4,11H,1,5-10H2,2-3H3. The van der Waals surface area contributed by atoms with Crippen LogP contribution in [0.3, 0.4) is 0 Å². The van der Waals surface area contributed by atoms with Crippen molar-refractivity contribution in [3.63, 3.8) is 0 Å². The highest BCUT2D eigenvalue weighted by atomic mass is 16.5. The molecule has 19 heavy (non-hydrogen) atoms. The molecule has 0 aliphatic carbocycles. The van der Waals surface area contributed by atoms with E-state index in [1.807, 2.05) is 4.90 Å². The highest BCUT2D eigenvalue weighted by Gasteiger charge is 2.43. The molecular formula is C14H22N2O3. The minimum absolute atomic E-state index is 0.0478. The van der Waals surface area contributed by atoms with E-state index in [2.05, 4.69) is 13.5 Å². The van der Waals surface area contributed by atoms with Crippen molar-refractivity contribution in [3.05, 3.63) is 12.7 Å². The van der Waals surface area contributed by atoms with Crippen molar-refractivity contribution >= 4 is 11.8 Å². The average molecular weight is 266 g/mol. The summed E-state index contributed by atoms with van der Waals surface area (Å²) in [5.74, 6) is 0.0131. The molecule has 5 heteroatoms. The number of likely N-dealkylation sites (tertiary alicyclic amines) is 2. The van der Waals surface area contributed by atoms with Gasteiger partial charge in [0.15, 0.2) is 0 Å². The molecule has 0 N–H and O–H groups in total. The lowest BCUT2D eigenvalue weighted by Crippen LogP contribution is -2.56. The van der Waals surface area contributed by atoms with Crippen LogP contribution < -0.4 is 0 Å². The van der Waals surface area contributed by atoms with Gasteiger partial charge in [0.2, 0.25) is 11.8 Å². The van der Waals surface area contributed by atoms with E-state index in [9.17, 15) is 9.59 Å². The fourth-order valence-electron chi connectivity index (χ4n) is 2.83. The first kappa shape index (κ1) is 14.1. The second-order valence-corrected chi connectivity index (χ2v) is 5.39. The van der Waals surface area contributed by atoms with Crippen LogP contribution in [-0.4, -0.2) is 60.5 Å². The van der Waals surface area contributed by atoms with E-state index in [4.69, 9.17) is 4.74 Å². The lowest BCUT2D eigenvalue weighted by atomic mass is 9.97. The quantitative estimate of drug-likeness (QED) is 0.702. The Balaban J connectivity index is 1.87. The number of ether oxygens (including phenoxy) is 1. The van der Waals surface area contributed by atoms with Gasteiger partial charge in [-0.1, -0.05) is 13.5 Å². The smallest absolute Gasteiger partial charge is 0.246 e. The third-order valence-corrected chi connectivity index (χ3v) is 4.42. The Kier molecular flexibility index (Phi) is 3.94. The Morgan fingerprint density at radius 3 is 2.58 bits per heavy atom. The highest BCUT2D eigenvalue weighted by molar-refractivity contribution is 5.90. The van der Waals surface area contributed by atoms with E-state index >= 15 is 0 Å². The van der Waals surface area contributed by atoms with Gasteiger partial charge in [0.25, 0.3) is 0 Å². The van der Waals surface area contributed by atoms with Gasteiger partial charge in [-0.15, -0.1) is 0 Å². The fraction of sp³-hybridized carbons (Fsp3) is 0.714. The van der Waals surface area contributed by atoms with Gasteiger partial charge in [-0.25, -0.2) is 0 Å². The molecule has 0 aromatic heterocycles. The van der Waals surface area contributed by atoms with Crippen LogP contribution in [0, 0.1) is 5.92 Å². The molecule has 2 rings (SSSR count). The first-order valence-electron chi connectivity index (χ1n) is 6.80. The topological polar surface area (TPSA) is 49.9 Å². The summed E-state index contributed by atoms with van der Waals surface area (Å²) in [6.07, 6.45) is 3.11. The number of methoxy groups -OCH3 is 1. The molecule has 2 saturated heterocycles. The van der Waals surface area contributed by atoms with Crippen molar-refractivity contribution in [1.29, 1.82) is 0 Å². The van der Waals surface area contributed by atoms with Crippen molar-refractivity contribution in [3.8, 4) is 0 Å². The summed E-state index contributed by atoms with van der Waals surface area (Å²) < 4.78 is 5.56. The Morgan fingerprint density at radius 2 is 2.11 bits per heavy atom. The van der Waals surface area contributed by atoms with E-state index in [0.29, 0.717) is 19.6 Å². The second kappa shape index (κ2) is 5.33. The van der Waals surface area contributed by atoms with Crippen LogP contribution in [0.1, 0.15) is 19.8 Å². The lowest BCUT2D eigenvalue weighted by Gasteiger charge is -2.39. The Morgan fingerprint density at radius 1 is 1.42 bits per heavy atom. The molecule has 0 saturated carbocycles. The number of carbonyl (C=O) groups excluding carboxylic acids is 2. The largest absolute Gasteiger partial charge is 0.376 e. The molecule has 1 unspecified atom stereocenters. The number of nitrogens with zero attached hydrogens (tertiary/aromatic N) is 2. The van der Waals surface area contributed by atoms with E-state index in [1.165, 1.54) is 6.08 Å². The molecule has 0 spiro atoms. The zero-order valence-electron chi connectivity index (χ0n) is 11.7. The van der Waals surface area contributed by atoms with Crippen LogP contribution in [-0.2, 0) is 14.3 Å². The molecule has 1 atom stereocenters. The van der Waals surface area contributed by atoms with Gasteiger partial charge in [0.1, 0.15) is 0 Å². The second-order valence-electron chi connectivity index (χ2n) is 5.39. The van der Waals surface area contributed by atoms with Crippen LogP contribution in [0.5, 0.6) is 0 Å². The number of hydrogen-bond donors (Lipinski definition) is 0. The number of hydrogen-bond acceptors (Lipinski definition) is 3. The van der Waals surface area contributed by atoms with E-state index in [0.717, 1.165) is 19.4 Å². The number of amides is 2. The molecule has 0 bridgehead atoms. The zero-order chi connectivity index (χ0) is 14.0. The summed E-state index contributed by atoms with van der Waals surface area (Å²) in [5, 5.41) is 0. The molecule has 2 aliphatic heterocycles. The monoisotopic (exact) mass is 266 g/mol. The average Bonchev–Trinajstić information content (AvgIpc) is 2.81. The van der Waals surface area contributed by atoms with Crippen LogP contribution in [0.15, 0.2) is 12.7 Å². The first-order valence-corrected chi connectivity index (χ1v) is 6.80. The molecule has 0 aromatic carbocycles. The van der Waals surface area contributed by atoms with Gasteiger partial charge in [0.05, 0.1) is 11.5 Å². The summed E-state index contributed by atoms with van der Waals surface area (Å²) in [5.41, 5.74) is -0.171.